The Morgan fingerprint density at radius 3 is 2.64 bits per heavy atom. The van der Waals surface area contributed by atoms with Crippen LogP contribution in [0.15, 0.2) is 44.9 Å². The average molecular weight is 447 g/mol. The largest absolute Gasteiger partial charge is 0.352 e. The van der Waals surface area contributed by atoms with Crippen molar-refractivity contribution in [1.82, 2.24) is 10.6 Å². The maximum Gasteiger partial charge on any atom is 0.191 e. The van der Waals surface area contributed by atoms with Crippen molar-refractivity contribution in [3.05, 3.63) is 51.7 Å². The number of benzene rings is 1. The summed E-state index contributed by atoms with van der Waals surface area (Å²) in [5, 5.41) is 10.9. The van der Waals surface area contributed by atoms with E-state index >= 15 is 0 Å². The van der Waals surface area contributed by atoms with Crippen molar-refractivity contribution in [2.45, 2.75) is 24.9 Å². The SMILES string of the molecule is CN=C(NCc1ccsc1)NCc1ccc(C)cc1SC.I. The van der Waals surface area contributed by atoms with Gasteiger partial charge in [-0.15, -0.1) is 35.7 Å². The van der Waals surface area contributed by atoms with Gasteiger partial charge in [-0.1, -0.05) is 12.1 Å². The van der Waals surface area contributed by atoms with E-state index in [9.17, 15) is 0 Å². The molecule has 0 aliphatic rings. The highest BCUT2D eigenvalue weighted by Gasteiger charge is 2.04. The minimum Gasteiger partial charge on any atom is -0.352 e. The Bertz CT molecular complexity index is 597. The molecule has 1 aromatic carbocycles. The zero-order valence-electron chi connectivity index (χ0n) is 13.1. The van der Waals surface area contributed by atoms with Crippen LogP contribution in [0.5, 0.6) is 0 Å². The van der Waals surface area contributed by atoms with Gasteiger partial charge in [0.2, 0.25) is 0 Å². The summed E-state index contributed by atoms with van der Waals surface area (Å²) >= 11 is 3.49. The molecule has 0 bridgehead atoms. The van der Waals surface area contributed by atoms with E-state index in [2.05, 4.69) is 63.8 Å². The smallest absolute Gasteiger partial charge is 0.191 e. The zero-order chi connectivity index (χ0) is 15.1. The van der Waals surface area contributed by atoms with Gasteiger partial charge in [-0.3, -0.25) is 4.99 Å². The van der Waals surface area contributed by atoms with Crippen molar-refractivity contribution in [3.8, 4) is 0 Å². The number of nitrogens with one attached hydrogen (secondary N) is 2. The topological polar surface area (TPSA) is 36.4 Å². The first kappa shape index (κ1) is 19.3. The zero-order valence-corrected chi connectivity index (χ0v) is 17.0. The first-order valence-electron chi connectivity index (χ1n) is 6.82. The number of aryl methyl sites for hydroxylation is 1. The molecule has 2 rings (SSSR count). The Balaban J connectivity index is 0.00000242. The minimum absolute atomic E-state index is 0. The second-order valence-corrected chi connectivity index (χ2v) is 6.35. The number of hydrogen-bond donors (Lipinski definition) is 2. The minimum atomic E-state index is 0. The summed E-state index contributed by atoms with van der Waals surface area (Å²) in [7, 11) is 1.80. The number of guanidine groups is 1. The second-order valence-electron chi connectivity index (χ2n) is 4.73. The molecular formula is C16H22IN3S2. The Morgan fingerprint density at radius 1 is 1.23 bits per heavy atom. The lowest BCUT2D eigenvalue weighted by Crippen LogP contribution is -2.36. The lowest BCUT2D eigenvalue weighted by atomic mass is 10.1. The first-order valence-corrected chi connectivity index (χ1v) is 8.99. The van der Waals surface area contributed by atoms with Crippen molar-refractivity contribution in [2.24, 2.45) is 4.99 Å². The van der Waals surface area contributed by atoms with Gasteiger partial charge >= 0.3 is 0 Å². The van der Waals surface area contributed by atoms with Crippen LogP contribution in [0.4, 0.5) is 0 Å². The summed E-state index contributed by atoms with van der Waals surface area (Å²) in [6, 6.07) is 8.68. The van der Waals surface area contributed by atoms with Crippen LogP contribution in [-0.2, 0) is 13.1 Å². The molecule has 0 aliphatic carbocycles. The van der Waals surface area contributed by atoms with Gasteiger partial charge in [0, 0.05) is 25.0 Å². The van der Waals surface area contributed by atoms with Crippen molar-refractivity contribution in [3.63, 3.8) is 0 Å². The van der Waals surface area contributed by atoms with Crippen LogP contribution in [0.3, 0.4) is 0 Å². The van der Waals surface area contributed by atoms with Crippen LogP contribution in [0.1, 0.15) is 16.7 Å². The Labute approximate surface area is 158 Å². The van der Waals surface area contributed by atoms with Gasteiger partial charge in [0.25, 0.3) is 0 Å². The van der Waals surface area contributed by atoms with Gasteiger partial charge in [-0.25, -0.2) is 0 Å². The number of aliphatic imine (C=N–C) groups is 1. The van der Waals surface area contributed by atoms with E-state index in [1.807, 2.05) is 0 Å². The molecule has 22 heavy (non-hydrogen) atoms. The quantitative estimate of drug-likeness (QED) is 0.311. The number of halogens is 1. The number of thiophene rings is 1. The summed E-state index contributed by atoms with van der Waals surface area (Å²) in [5.74, 6) is 0.828. The highest BCUT2D eigenvalue weighted by Crippen LogP contribution is 2.21. The van der Waals surface area contributed by atoms with Crippen LogP contribution in [0.2, 0.25) is 0 Å². The third-order valence-corrected chi connectivity index (χ3v) is 4.70. The fraction of sp³-hybridized carbons (Fsp3) is 0.312. The van der Waals surface area contributed by atoms with Crippen LogP contribution < -0.4 is 10.6 Å². The van der Waals surface area contributed by atoms with E-state index in [1.165, 1.54) is 21.6 Å². The average Bonchev–Trinajstić information content (AvgIpc) is 3.01. The molecule has 1 aromatic heterocycles. The molecule has 0 aliphatic heterocycles. The molecule has 2 aromatic rings. The Morgan fingerprint density at radius 2 is 2.00 bits per heavy atom. The molecule has 1 heterocycles. The number of thioether (sulfide) groups is 1. The van der Waals surface area contributed by atoms with Crippen LogP contribution in [0.25, 0.3) is 0 Å². The van der Waals surface area contributed by atoms with Gasteiger partial charge in [-0.05, 0) is 52.8 Å². The van der Waals surface area contributed by atoms with Crippen LogP contribution in [-0.4, -0.2) is 19.3 Å². The van der Waals surface area contributed by atoms with Crippen LogP contribution >= 0.6 is 47.1 Å². The molecule has 0 atom stereocenters. The van der Waals surface area contributed by atoms with E-state index < -0.39 is 0 Å². The van der Waals surface area contributed by atoms with Crippen LogP contribution in [0, 0.1) is 6.92 Å². The van der Waals surface area contributed by atoms with Crippen molar-refractivity contribution in [2.75, 3.05) is 13.3 Å². The van der Waals surface area contributed by atoms with Gasteiger partial charge in [-0.2, -0.15) is 11.3 Å². The maximum absolute atomic E-state index is 4.27. The lowest BCUT2D eigenvalue weighted by Gasteiger charge is -2.13. The third-order valence-electron chi connectivity index (χ3n) is 3.15. The molecule has 0 unspecified atom stereocenters. The van der Waals surface area contributed by atoms with E-state index in [1.54, 1.807) is 30.1 Å². The normalized spacial score (nSPS) is 11.0. The summed E-state index contributed by atoms with van der Waals surface area (Å²) in [6.07, 6.45) is 2.11. The Hall–Kier alpha value is -0.730. The van der Waals surface area contributed by atoms with Gasteiger partial charge in [0.15, 0.2) is 5.96 Å². The van der Waals surface area contributed by atoms with E-state index in [-0.39, 0.29) is 24.0 Å². The summed E-state index contributed by atoms with van der Waals surface area (Å²) in [4.78, 5) is 5.58. The molecule has 0 radical (unpaired) electrons. The highest BCUT2D eigenvalue weighted by molar-refractivity contribution is 14.0. The monoisotopic (exact) mass is 447 g/mol. The molecule has 6 heteroatoms. The van der Waals surface area contributed by atoms with Crippen molar-refractivity contribution in [1.29, 1.82) is 0 Å². The standard InChI is InChI=1S/C16H21N3S2.HI/c1-12-4-5-14(15(8-12)20-3)10-19-16(17-2)18-9-13-6-7-21-11-13;/h4-8,11H,9-10H2,1-3H3,(H2,17,18,19);1H. The summed E-state index contributed by atoms with van der Waals surface area (Å²) in [5.41, 5.74) is 3.87. The van der Waals surface area contributed by atoms with Gasteiger partial charge < -0.3 is 10.6 Å². The second kappa shape index (κ2) is 10.1. The Kier molecular flexibility index (Phi) is 8.89. The molecule has 0 amide bonds. The molecule has 0 spiro atoms. The molecule has 3 nitrogen and oxygen atoms in total. The molecule has 0 fully saturated rings. The van der Waals surface area contributed by atoms with Crippen molar-refractivity contribution < 1.29 is 0 Å². The fourth-order valence-corrected chi connectivity index (χ4v) is 3.35. The molecule has 2 N–H and O–H groups in total. The van der Waals surface area contributed by atoms with E-state index in [0.717, 1.165) is 19.0 Å². The number of rotatable bonds is 5. The summed E-state index contributed by atoms with van der Waals surface area (Å²) < 4.78 is 0. The van der Waals surface area contributed by atoms with E-state index in [4.69, 9.17) is 0 Å². The van der Waals surface area contributed by atoms with Gasteiger partial charge in [0.05, 0.1) is 0 Å². The highest BCUT2D eigenvalue weighted by atomic mass is 127. The fourth-order valence-electron chi connectivity index (χ4n) is 1.98. The predicted molar refractivity (Wildman–Crippen MR) is 110 cm³/mol. The lowest BCUT2D eigenvalue weighted by molar-refractivity contribution is 0.802. The summed E-state index contributed by atoms with van der Waals surface area (Å²) in [6.45, 7) is 3.70. The molecule has 120 valence electrons. The first-order chi connectivity index (χ1) is 10.2. The molecule has 0 saturated carbocycles. The molecule has 0 saturated heterocycles. The third kappa shape index (κ3) is 5.81. The van der Waals surface area contributed by atoms with Crippen molar-refractivity contribution >= 4 is 53.0 Å². The number of nitrogens with zero attached hydrogens (tertiary/aromatic N) is 1. The predicted octanol–water partition coefficient (Wildman–Crippen LogP) is 4.26. The van der Waals surface area contributed by atoms with Gasteiger partial charge in [0.1, 0.15) is 0 Å². The molecular weight excluding hydrogens is 425 g/mol. The number of hydrogen-bond acceptors (Lipinski definition) is 3. The van der Waals surface area contributed by atoms with E-state index in [0.29, 0.717) is 0 Å². The maximum atomic E-state index is 4.27.